The standard InChI is InChI=1S/C24H45NO2/c1-8-15-25(16-9-2)17-12-21-18-26-24(27-21)13-10-20(11-14-24)23(6,7)19-22(3,4)5/h8,20-21H,1,9-19H2,2-7H3. The van der Waals surface area contributed by atoms with Crippen LogP contribution in [0.2, 0.25) is 0 Å². The molecular weight excluding hydrogens is 334 g/mol. The van der Waals surface area contributed by atoms with Gasteiger partial charge in [-0.3, -0.25) is 4.90 Å². The minimum Gasteiger partial charge on any atom is -0.347 e. The molecule has 0 radical (unpaired) electrons. The highest BCUT2D eigenvalue weighted by Crippen LogP contribution is 2.49. The van der Waals surface area contributed by atoms with Crippen molar-refractivity contribution in [1.82, 2.24) is 4.90 Å². The summed E-state index contributed by atoms with van der Waals surface area (Å²) in [7, 11) is 0. The Hall–Kier alpha value is -0.380. The Labute approximate surface area is 168 Å². The van der Waals surface area contributed by atoms with Crippen molar-refractivity contribution in [3.05, 3.63) is 12.7 Å². The van der Waals surface area contributed by atoms with Gasteiger partial charge in [0.15, 0.2) is 5.79 Å². The van der Waals surface area contributed by atoms with Gasteiger partial charge in [-0.1, -0.05) is 47.6 Å². The van der Waals surface area contributed by atoms with Gasteiger partial charge in [-0.2, -0.15) is 0 Å². The summed E-state index contributed by atoms with van der Waals surface area (Å²) in [6.45, 7) is 22.1. The molecule has 1 saturated heterocycles. The Bertz CT molecular complexity index is 457. The molecule has 1 atom stereocenters. The van der Waals surface area contributed by atoms with Gasteiger partial charge < -0.3 is 9.47 Å². The second-order valence-electron chi connectivity index (χ2n) is 10.8. The summed E-state index contributed by atoms with van der Waals surface area (Å²) in [4.78, 5) is 2.47. The van der Waals surface area contributed by atoms with Crippen molar-refractivity contribution in [3.8, 4) is 0 Å². The fourth-order valence-electron chi connectivity index (χ4n) is 5.49. The summed E-state index contributed by atoms with van der Waals surface area (Å²) >= 11 is 0. The molecule has 3 nitrogen and oxygen atoms in total. The molecule has 0 aromatic heterocycles. The zero-order valence-corrected chi connectivity index (χ0v) is 19.0. The Balaban J connectivity index is 1.80. The van der Waals surface area contributed by atoms with Gasteiger partial charge in [-0.25, -0.2) is 0 Å². The molecule has 27 heavy (non-hydrogen) atoms. The third kappa shape index (κ3) is 6.87. The summed E-state index contributed by atoms with van der Waals surface area (Å²) in [6.07, 6.45) is 10.4. The van der Waals surface area contributed by atoms with Crippen LogP contribution in [0.5, 0.6) is 0 Å². The Morgan fingerprint density at radius 3 is 2.33 bits per heavy atom. The first-order valence-corrected chi connectivity index (χ1v) is 11.2. The second kappa shape index (κ2) is 9.41. The lowest BCUT2D eigenvalue weighted by Crippen LogP contribution is -2.40. The van der Waals surface area contributed by atoms with Crippen LogP contribution in [0.4, 0.5) is 0 Å². The lowest BCUT2D eigenvalue weighted by atomic mass is 9.64. The number of nitrogens with zero attached hydrogens (tertiary/aromatic N) is 1. The van der Waals surface area contributed by atoms with E-state index in [1.54, 1.807) is 0 Å². The van der Waals surface area contributed by atoms with Gasteiger partial charge in [-0.05, 0) is 55.4 Å². The van der Waals surface area contributed by atoms with Crippen LogP contribution >= 0.6 is 0 Å². The number of rotatable bonds is 9. The largest absolute Gasteiger partial charge is 0.347 e. The topological polar surface area (TPSA) is 21.7 Å². The zero-order valence-electron chi connectivity index (χ0n) is 19.0. The van der Waals surface area contributed by atoms with Crippen molar-refractivity contribution in [1.29, 1.82) is 0 Å². The predicted octanol–water partition coefficient (Wildman–Crippen LogP) is 6.04. The predicted molar refractivity (Wildman–Crippen MR) is 115 cm³/mol. The average Bonchev–Trinajstić information content (AvgIpc) is 2.94. The number of hydrogen-bond acceptors (Lipinski definition) is 3. The van der Waals surface area contributed by atoms with E-state index in [0.29, 0.717) is 10.8 Å². The van der Waals surface area contributed by atoms with Gasteiger partial charge in [0.05, 0.1) is 12.7 Å². The van der Waals surface area contributed by atoms with Crippen LogP contribution in [0.1, 0.15) is 86.5 Å². The third-order valence-electron chi connectivity index (χ3n) is 6.45. The van der Waals surface area contributed by atoms with Crippen molar-refractivity contribution in [2.75, 3.05) is 26.2 Å². The van der Waals surface area contributed by atoms with E-state index < -0.39 is 0 Å². The van der Waals surface area contributed by atoms with E-state index in [-0.39, 0.29) is 11.9 Å². The summed E-state index contributed by atoms with van der Waals surface area (Å²) in [6, 6.07) is 0. The van der Waals surface area contributed by atoms with Gasteiger partial charge >= 0.3 is 0 Å². The normalized spacial score (nSPS) is 29.6. The lowest BCUT2D eigenvalue weighted by molar-refractivity contribution is -0.198. The monoisotopic (exact) mass is 379 g/mol. The molecular formula is C24H45NO2. The summed E-state index contributed by atoms with van der Waals surface area (Å²) in [5.74, 6) is 0.494. The Kier molecular flexibility index (Phi) is 7.98. The van der Waals surface area contributed by atoms with Gasteiger partial charge in [-0.15, -0.1) is 6.58 Å². The van der Waals surface area contributed by atoms with Crippen molar-refractivity contribution < 1.29 is 9.47 Å². The van der Waals surface area contributed by atoms with Crippen LogP contribution in [0.3, 0.4) is 0 Å². The summed E-state index contributed by atoms with van der Waals surface area (Å²) in [5, 5.41) is 0. The lowest BCUT2D eigenvalue weighted by Gasteiger charge is -2.45. The quantitative estimate of drug-likeness (QED) is 0.456. The van der Waals surface area contributed by atoms with E-state index in [1.807, 2.05) is 6.08 Å². The zero-order chi connectivity index (χ0) is 20.1. The first-order chi connectivity index (χ1) is 12.6. The average molecular weight is 380 g/mol. The minimum atomic E-state index is -0.285. The maximum Gasteiger partial charge on any atom is 0.168 e. The van der Waals surface area contributed by atoms with E-state index in [2.05, 4.69) is 53.0 Å². The molecule has 2 aliphatic rings. The molecule has 1 spiro atoms. The SMILES string of the molecule is C=CCN(CCC)CCC1COC2(CCC(C(C)(C)CC(C)(C)C)CC2)O1. The third-order valence-corrected chi connectivity index (χ3v) is 6.45. The highest BCUT2D eigenvalue weighted by molar-refractivity contribution is 4.91. The molecule has 0 amide bonds. The second-order valence-corrected chi connectivity index (χ2v) is 10.8. The van der Waals surface area contributed by atoms with Crippen molar-refractivity contribution in [3.63, 3.8) is 0 Å². The van der Waals surface area contributed by atoms with E-state index in [9.17, 15) is 0 Å². The fraction of sp³-hybridized carbons (Fsp3) is 0.917. The van der Waals surface area contributed by atoms with Crippen LogP contribution in [0.15, 0.2) is 12.7 Å². The molecule has 0 aromatic rings. The van der Waals surface area contributed by atoms with E-state index in [0.717, 1.165) is 51.4 Å². The molecule has 3 heteroatoms. The Morgan fingerprint density at radius 2 is 1.78 bits per heavy atom. The first-order valence-electron chi connectivity index (χ1n) is 11.2. The van der Waals surface area contributed by atoms with Crippen LogP contribution in [-0.2, 0) is 9.47 Å². The molecule has 1 unspecified atom stereocenters. The Morgan fingerprint density at radius 1 is 1.11 bits per heavy atom. The van der Waals surface area contributed by atoms with Gasteiger partial charge in [0.25, 0.3) is 0 Å². The molecule has 158 valence electrons. The maximum absolute atomic E-state index is 6.48. The molecule has 1 aliphatic carbocycles. The van der Waals surface area contributed by atoms with E-state index in [1.165, 1.54) is 25.7 Å². The number of ether oxygens (including phenoxy) is 2. The smallest absolute Gasteiger partial charge is 0.168 e. The minimum absolute atomic E-state index is 0.258. The van der Waals surface area contributed by atoms with Crippen molar-refractivity contribution >= 4 is 0 Å². The molecule has 1 heterocycles. The summed E-state index contributed by atoms with van der Waals surface area (Å²) in [5.41, 5.74) is 0.781. The van der Waals surface area contributed by atoms with Crippen molar-refractivity contribution in [2.45, 2.75) is 98.4 Å². The molecule has 0 bridgehead atoms. The van der Waals surface area contributed by atoms with Gasteiger partial charge in [0.1, 0.15) is 0 Å². The number of hydrogen-bond donors (Lipinski definition) is 0. The van der Waals surface area contributed by atoms with Crippen LogP contribution in [0.25, 0.3) is 0 Å². The van der Waals surface area contributed by atoms with Crippen LogP contribution in [-0.4, -0.2) is 43.0 Å². The molecule has 1 saturated carbocycles. The van der Waals surface area contributed by atoms with Crippen LogP contribution in [0, 0.1) is 16.7 Å². The van der Waals surface area contributed by atoms with Crippen LogP contribution < -0.4 is 0 Å². The maximum atomic E-state index is 6.48. The fourth-order valence-corrected chi connectivity index (χ4v) is 5.49. The molecule has 0 aromatic carbocycles. The van der Waals surface area contributed by atoms with E-state index in [4.69, 9.17) is 9.47 Å². The van der Waals surface area contributed by atoms with Gasteiger partial charge in [0, 0.05) is 25.9 Å². The summed E-state index contributed by atoms with van der Waals surface area (Å²) < 4.78 is 12.7. The highest BCUT2D eigenvalue weighted by Gasteiger charge is 2.47. The first kappa shape index (κ1) is 22.9. The van der Waals surface area contributed by atoms with Crippen molar-refractivity contribution in [2.24, 2.45) is 16.7 Å². The highest BCUT2D eigenvalue weighted by atomic mass is 16.7. The van der Waals surface area contributed by atoms with Gasteiger partial charge in [0.2, 0.25) is 0 Å². The molecule has 0 N–H and O–H groups in total. The van der Waals surface area contributed by atoms with E-state index >= 15 is 0 Å². The molecule has 2 rings (SSSR count). The molecule has 1 aliphatic heterocycles. The molecule has 2 fully saturated rings.